The molecule has 0 aliphatic carbocycles. The van der Waals surface area contributed by atoms with E-state index in [2.05, 4.69) is 20.6 Å². The molecule has 0 atom stereocenters. The standard InChI is InChI=1S/C20H20N6O2/c1-25-20(28)15-8-3-2-7-14(15)16(24-25)13-19(27)21-11-6-10-18-23-22-17-9-4-5-12-26(17)18/h2-5,7-9,12H,6,10-11,13H2,1H3,(H,21,27). The molecule has 8 heteroatoms. The van der Waals surface area contributed by atoms with Crippen LogP contribution in [0.25, 0.3) is 16.4 Å². The van der Waals surface area contributed by atoms with E-state index in [0.29, 0.717) is 24.0 Å². The summed E-state index contributed by atoms with van der Waals surface area (Å²) in [5.41, 5.74) is 1.24. The van der Waals surface area contributed by atoms with Crippen molar-refractivity contribution in [3.05, 3.63) is 70.5 Å². The van der Waals surface area contributed by atoms with E-state index in [0.717, 1.165) is 23.3 Å². The van der Waals surface area contributed by atoms with Gasteiger partial charge in [-0.25, -0.2) is 4.68 Å². The highest BCUT2D eigenvalue weighted by Crippen LogP contribution is 2.13. The number of aryl methyl sites for hydroxylation is 2. The second-order valence-electron chi connectivity index (χ2n) is 6.60. The Hall–Kier alpha value is -3.55. The quantitative estimate of drug-likeness (QED) is 0.512. The molecule has 0 bridgehead atoms. The zero-order chi connectivity index (χ0) is 19.5. The van der Waals surface area contributed by atoms with Crippen molar-refractivity contribution in [2.75, 3.05) is 6.54 Å². The highest BCUT2D eigenvalue weighted by molar-refractivity contribution is 5.88. The molecule has 0 fully saturated rings. The molecule has 1 amide bonds. The second kappa shape index (κ2) is 7.59. The van der Waals surface area contributed by atoms with Gasteiger partial charge < -0.3 is 5.32 Å². The summed E-state index contributed by atoms with van der Waals surface area (Å²) in [6, 6.07) is 13.0. The summed E-state index contributed by atoms with van der Waals surface area (Å²) in [4.78, 5) is 24.5. The van der Waals surface area contributed by atoms with Crippen molar-refractivity contribution in [3.8, 4) is 0 Å². The van der Waals surface area contributed by atoms with Crippen LogP contribution in [0.5, 0.6) is 0 Å². The number of carbonyl (C=O) groups excluding carboxylic acids is 1. The van der Waals surface area contributed by atoms with E-state index in [1.807, 2.05) is 47.0 Å². The van der Waals surface area contributed by atoms with Crippen molar-refractivity contribution in [2.45, 2.75) is 19.3 Å². The lowest BCUT2D eigenvalue weighted by Crippen LogP contribution is -2.29. The number of hydrogen-bond donors (Lipinski definition) is 1. The van der Waals surface area contributed by atoms with Crippen LogP contribution in [-0.4, -0.2) is 36.8 Å². The van der Waals surface area contributed by atoms with Crippen LogP contribution < -0.4 is 10.9 Å². The van der Waals surface area contributed by atoms with Gasteiger partial charge in [-0.3, -0.25) is 14.0 Å². The van der Waals surface area contributed by atoms with Gasteiger partial charge in [0.25, 0.3) is 5.56 Å². The van der Waals surface area contributed by atoms with Crippen LogP contribution in [0.4, 0.5) is 0 Å². The van der Waals surface area contributed by atoms with E-state index < -0.39 is 0 Å². The van der Waals surface area contributed by atoms with Gasteiger partial charge in [0.05, 0.1) is 17.5 Å². The van der Waals surface area contributed by atoms with Crippen molar-refractivity contribution >= 4 is 22.3 Å². The number of rotatable bonds is 6. The molecule has 4 rings (SSSR count). The Kier molecular flexibility index (Phi) is 4.84. The van der Waals surface area contributed by atoms with Gasteiger partial charge in [0.1, 0.15) is 5.82 Å². The number of fused-ring (bicyclic) bond motifs is 2. The van der Waals surface area contributed by atoms with Crippen molar-refractivity contribution in [1.29, 1.82) is 0 Å². The van der Waals surface area contributed by atoms with Crippen LogP contribution >= 0.6 is 0 Å². The average Bonchev–Trinajstić information content (AvgIpc) is 3.12. The van der Waals surface area contributed by atoms with Crippen LogP contribution in [-0.2, 0) is 24.7 Å². The molecular weight excluding hydrogens is 356 g/mol. The molecular formula is C20H20N6O2. The molecule has 0 aliphatic heterocycles. The zero-order valence-corrected chi connectivity index (χ0v) is 15.5. The molecule has 0 radical (unpaired) electrons. The van der Waals surface area contributed by atoms with E-state index in [4.69, 9.17) is 0 Å². The molecule has 0 unspecified atom stereocenters. The smallest absolute Gasteiger partial charge is 0.274 e. The van der Waals surface area contributed by atoms with Gasteiger partial charge in [0.15, 0.2) is 5.65 Å². The molecule has 0 saturated heterocycles. The highest BCUT2D eigenvalue weighted by Gasteiger charge is 2.12. The fourth-order valence-corrected chi connectivity index (χ4v) is 3.26. The number of amides is 1. The Balaban J connectivity index is 1.37. The van der Waals surface area contributed by atoms with Crippen molar-refractivity contribution in [3.63, 3.8) is 0 Å². The molecule has 1 N–H and O–H groups in total. The summed E-state index contributed by atoms with van der Waals surface area (Å²) >= 11 is 0. The number of benzene rings is 1. The predicted octanol–water partition coefficient (Wildman–Crippen LogP) is 1.27. The van der Waals surface area contributed by atoms with Gasteiger partial charge in [-0.15, -0.1) is 10.2 Å². The lowest BCUT2D eigenvalue weighted by molar-refractivity contribution is -0.120. The maximum absolute atomic E-state index is 12.4. The SMILES string of the molecule is Cn1nc(CC(=O)NCCCc2nnc3ccccn23)c2ccccc2c1=O. The Morgan fingerprint density at radius 1 is 1.07 bits per heavy atom. The fourth-order valence-electron chi connectivity index (χ4n) is 3.26. The topological polar surface area (TPSA) is 94.2 Å². The van der Waals surface area contributed by atoms with Crippen LogP contribution in [0.15, 0.2) is 53.5 Å². The van der Waals surface area contributed by atoms with Crippen LogP contribution in [0.1, 0.15) is 17.9 Å². The third-order valence-electron chi connectivity index (χ3n) is 4.64. The number of hydrogen-bond acceptors (Lipinski definition) is 5. The summed E-state index contributed by atoms with van der Waals surface area (Å²) < 4.78 is 3.23. The minimum absolute atomic E-state index is 0.123. The average molecular weight is 376 g/mol. The van der Waals surface area contributed by atoms with E-state index in [1.165, 1.54) is 4.68 Å². The van der Waals surface area contributed by atoms with Gasteiger partial charge in [-0.05, 0) is 24.6 Å². The Morgan fingerprint density at radius 3 is 2.71 bits per heavy atom. The normalized spacial score (nSPS) is 11.2. The van der Waals surface area contributed by atoms with Gasteiger partial charge in [-0.1, -0.05) is 24.3 Å². The summed E-state index contributed by atoms with van der Waals surface area (Å²) in [6.45, 7) is 0.532. The van der Waals surface area contributed by atoms with E-state index >= 15 is 0 Å². The molecule has 1 aromatic carbocycles. The Morgan fingerprint density at radius 2 is 1.86 bits per heavy atom. The van der Waals surface area contributed by atoms with E-state index in [9.17, 15) is 9.59 Å². The molecule has 8 nitrogen and oxygen atoms in total. The summed E-state index contributed by atoms with van der Waals surface area (Å²) in [5, 5.41) is 16.8. The first-order valence-corrected chi connectivity index (χ1v) is 9.14. The molecule has 0 aliphatic rings. The molecule has 0 saturated carbocycles. The zero-order valence-electron chi connectivity index (χ0n) is 15.5. The van der Waals surface area contributed by atoms with E-state index in [-0.39, 0.29) is 17.9 Å². The predicted molar refractivity (Wildman–Crippen MR) is 105 cm³/mol. The molecule has 28 heavy (non-hydrogen) atoms. The molecule has 3 heterocycles. The molecule has 0 spiro atoms. The maximum Gasteiger partial charge on any atom is 0.274 e. The van der Waals surface area contributed by atoms with Crippen LogP contribution in [0.2, 0.25) is 0 Å². The van der Waals surface area contributed by atoms with Crippen molar-refractivity contribution in [1.82, 2.24) is 29.7 Å². The minimum Gasteiger partial charge on any atom is -0.356 e. The Bertz CT molecular complexity index is 1210. The number of pyridine rings is 1. The number of carbonyl (C=O) groups is 1. The first-order chi connectivity index (χ1) is 13.6. The van der Waals surface area contributed by atoms with Crippen LogP contribution in [0, 0.1) is 0 Å². The third-order valence-corrected chi connectivity index (χ3v) is 4.64. The number of aromatic nitrogens is 5. The fraction of sp³-hybridized carbons (Fsp3) is 0.250. The summed E-state index contributed by atoms with van der Waals surface area (Å²) in [6.07, 6.45) is 3.53. The van der Waals surface area contributed by atoms with Crippen molar-refractivity contribution < 1.29 is 4.79 Å². The highest BCUT2D eigenvalue weighted by atomic mass is 16.1. The summed E-state index contributed by atoms with van der Waals surface area (Å²) in [5.74, 6) is 0.748. The first-order valence-electron chi connectivity index (χ1n) is 9.14. The van der Waals surface area contributed by atoms with Gasteiger partial charge in [0, 0.05) is 31.6 Å². The lowest BCUT2D eigenvalue weighted by atomic mass is 10.1. The maximum atomic E-state index is 12.4. The summed E-state index contributed by atoms with van der Waals surface area (Å²) in [7, 11) is 1.60. The van der Waals surface area contributed by atoms with Gasteiger partial charge in [0.2, 0.25) is 5.91 Å². The molecule has 142 valence electrons. The lowest BCUT2D eigenvalue weighted by Gasteiger charge is -2.08. The molecule has 4 aromatic rings. The largest absolute Gasteiger partial charge is 0.356 e. The second-order valence-corrected chi connectivity index (χ2v) is 6.60. The monoisotopic (exact) mass is 376 g/mol. The van der Waals surface area contributed by atoms with Gasteiger partial charge in [-0.2, -0.15) is 5.10 Å². The minimum atomic E-state index is -0.166. The van der Waals surface area contributed by atoms with Crippen molar-refractivity contribution in [2.24, 2.45) is 7.05 Å². The van der Waals surface area contributed by atoms with Crippen LogP contribution in [0.3, 0.4) is 0 Å². The third kappa shape index (κ3) is 3.48. The van der Waals surface area contributed by atoms with E-state index in [1.54, 1.807) is 13.1 Å². The van der Waals surface area contributed by atoms with Gasteiger partial charge >= 0.3 is 0 Å². The first kappa shape index (κ1) is 17.8. The number of nitrogens with zero attached hydrogens (tertiary/aromatic N) is 5. The number of nitrogens with one attached hydrogen (secondary N) is 1. The Labute approximate surface area is 160 Å². The molecule has 3 aromatic heterocycles.